The predicted molar refractivity (Wildman–Crippen MR) is 101 cm³/mol. The molecule has 1 amide bonds. The van der Waals surface area contributed by atoms with Crippen LogP contribution in [0.5, 0.6) is 0 Å². The molecule has 27 heavy (non-hydrogen) atoms. The van der Waals surface area contributed by atoms with Crippen molar-refractivity contribution < 1.29 is 19.1 Å². The van der Waals surface area contributed by atoms with Crippen molar-refractivity contribution in [3.05, 3.63) is 63.1 Å². The van der Waals surface area contributed by atoms with Crippen LogP contribution in [0, 0.1) is 6.92 Å². The third-order valence-corrected chi connectivity index (χ3v) is 3.65. The number of carbonyl (C=O) groups excluding carboxylic acids is 3. The SMILES string of the molecule is CC(=O)c1ccc(NC(=O)c2cc(C(=O)OC(C)(C)C)c(C)[nH]c2=O)cc1. The molecule has 0 unspecified atom stereocenters. The zero-order valence-electron chi connectivity index (χ0n) is 15.9. The Morgan fingerprint density at radius 2 is 1.63 bits per heavy atom. The minimum Gasteiger partial charge on any atom is -0.456 e. The minimum atomic E-state index is -0.708. The van der Waals surface area contributed by atoms with Gasteiger partial charge in [0, 0.05) is 16.9 Å². The monoisotopic (exact) mass is 370 g/mol. The number of aryl methyl sites for hydroxylation is 1. The molecule has 0 spiro atoms. The molecule has 0 bridgehead atoms. The van der Waals surface area contributed by atoms with E-state index in [1.165, 1.54) is 13.0 Å². The number of ether oxygens (including phenoxy) is 1. The molecular formula is C20H22N2O5. The van der Waals surface area contributed by atoms with E-state index in [0.29, 0.717) is 16.9 Å². The van der Waals surface area contributed by atoms with Crippen molar-refractivity contribution >= 4 is 23.3 Å². The number of esters is 1. The van der Waals surface area contributed by atoms with Crippen LogP contribution in [0.1, 0.15) is 64.5 Å². The van der Waals surface area contributed by atoms with E-state index in [0.717, 1.165) is 0 Å². The maximum atomic E-state index is 12.5. The van der Waals surface area contributed by atoms with Gasteiger partial charge in [0.1, 0.15) is 11.2 Å². The third-order valence-electron chi connectivity index (χ3n) is 3.65. The number of benzene rings is 1. The van der Waals surface area contributed by atoms with E-state index < -0.39 is 23.0 Å². The molecule has 2 aromatic rings. The number of hydrogen-bond acceptors (Lipinski definition) is 5. The summed E-state index contributed by atoms with van der Waals surface area (Å²) in [5.74, 6) is -1.39. The standard InChI is InChI=1S/C20H22N2O5/c1-11-15(19(26)27-20(3,4)5)10-16(17(24)21-11)18(25)22-14-8-6-13(7-9-14)12(2)23/h6-10H,1-5H3,(H,21,24)(H,22,25). The molecule has 0 fully saturated rings. The van der Waals surface area contributed by atoms with Crippen LogP contribution in [0.3, 0.4) is 0 Å². The van der Waals surface area contributed by atoms with Crippen LogP contribution in [0.2, 0.25) is 0 Å². The van der Waals surface area contributed by atoms with Crippen LogP contribution < -0.4 is 10.9 Å². The maximum Gasteiger partial charge on any atom is 0.340 e. The van der Waals surface area contributed by atoms with E-state index in [1.54, 1.807) is 52.0 Å². The number of H-pyrrole nitrogens is 1. The molecule has 2 rings (SSSR count). The molecule has 1 heterocycles. The van der Waals surface area contributed by atoms with E-state index in [-0.39, 0.29) is 16.9 Å². The number of amides is 1. The van der Waals surface area contributed by atoms with Crippen LogP contribution in [0.25, 0.3) is 0 Å². The van der Waals surface area contributed by atoms with Crippen molar-refractivity contribution in [2.75, 3.05) is 5.32 Å². The smallest absolute Gasteiger partial charge is 0.340 e. The molecule has 0 aliphatic rings. The lowest BCUT2D eigenvalue weighted by atomic mass is 10.1. The highest BCUT2D eigenvalue weighted by Crippen LogP contribution is 2.15. The Hall–Kier alpha value is -3.22. The fourth-order valence-corrected chi connectivity index (χ4v) is 2.32. The van der Waals surface area contributed by atoms with E-state index >= 15 is 0 Å². The first-order valence-corrected chi connectivity index (χ1v) is 8.37. The van der Waals surface area contributed by atoms with Gasteiger partial charge in [0.2, 0.25) is 0 Å². The van der Waals surface area contributed by atoms with Crippen LogP contribution >= 0.6 is 0 Å². The van der Waals surface area contributed by atoms with Crippen molar-refractivity contribution in [3.63, 3.8) is 0 Å². The van der Waals surface area contributed by atoms with Gasteiger partial charge in [-0.3, -0.25) is 14.4 Å². The van der Waals surface area contributed by atoms with Crippen LogP contribution in [0.4, 0.5) is 5.69 Å². The maximum absolute atomic E-state index is 12.5. The Morgan fingerprint density at radius 1 is 1.04 bits per heavy atom. The van der Waals surface area contributed by atoms with Gasteiger partial charge in [-0.25, -0.2) is 4.79 Å². The Morgan fingerprint density at radius 3 is 2.15 bits per heavy atom. The lowest BCUT2D eigenvalue weighted by molar-refractivity contribution is 0.00680. The van der Waals surface area contributed by atoms with E-state index in [9.17, 15) is 19.2 Å². The number of aromatic nitrogens is 1. The molecule has 0 saturated heterocycles. The fraction of sp³-hybridized carbons (Fsp3) is 0.300. The zero-order valence-corrected chi connectivity index (χ0v) is 15.9. The van der Waals surface area contributed by atoms with Gasteiger partial charge >= 0.3 is 5.97 Å². The van der Waals surface area contributed by atoms with Gasteiger partial charge < -0.3 is 15.0 Å². The molecule has 7 nitrogen and oxygen atoms in total. The summed E-state index contributed by atoms with van der Waals surface area (Å²) >= 11 is 0. The first kappa shape index (κ1) is 20.1. The molecule has 0 saturated carbocycles. The molecule has 0 radical (unpaired) electrons. The molecule has 142 valence electrons. The summed E-state index contributed by atoms with van der Waals surface area (Å²) in [6.07, 6.45) is 0. The number of carbonyl (C=O) groups is 3. The average Bonchev–Trinajstić information content (AvgIpc) is 2.53. The highest BCUT2D eigenvalue weighted by Gasteiger charge is 2.22. The second-order valence-electron chi connectivity index (χ2n) is 7.14. The number of hydrogen-bond donors (Lipinski definition) is 2. The normalized spacial score (nSPS) is 11.0. The number of aromatic amines is 1. The van der Waals surface area contributed by atoms with Crippen LogP contribution in [0.15, 0.2) is 35.1 Å². The molecule has 0 aliphatic heterocycles. The quantitative estimate of drug-likeness (QED) is 0.635. The highest BCUT2D eigenvalue weighted by atomic mass is 16.6. The van der Waals surface area contributed by atoms with E-state index in [4.69, 9.17) is 4.74 Å². The first-order valence-electron chi connectivity index (χ1n) is 8.37. The number of pyridine rings is 1. The lowest BCUT2D eigenvalue weighted by Gasteiger charge is -2.20. The third kappa shape index (κ3) is 5.13. The number of nitrogens with one attached hydrogen (secondary N) is 2. The van der Waals surface area contributed by atoms with Gasteiger partial charge in [-0.2, -0.15) is 0 Å². The van der Waals surface area contributed by atoms with Crippen molar-refractivity contribution in [1.29, 1.82) is 0 Å². The van der Waals surface area contributed by atoms with E-state index in [1.807, 2.05) is 0 Å². The summed E-state index contributed by atoms with van der Waals surface area (Å²) < 4.78 is 5.31. The predicted octanol–water partition coefficient (Wildman–Crippen LogP) is 3.09. The van der Waals surface area contributed by atoms with Gasteiger partial charge in [-0.05, 0) is 65.0 Å². The molecule has 0 aliphatic carbocycles. The molecule has 1 aromatic heterocycles. The van der Waals surface area contributed by atoms with Gasteiger partial charge in [-0.1, -0.05) is 0 Å². The average molecular weight is 370 g/mol. The molecule has 2 N–H and O–H groups in total. The first-order chi connectivity index (χ1) is 12.5. The van der Waals surface area contributed by atoms with Crippen molar-refractivity contribution in [2.24, 2.45) is 0 Å². The second kappa shape index (κ2) is 7.57. The van der Waals surface area contributed by atoms with E-state index in [2.05, 4.69) is 10.3 Å². The minimum absolute atomic E-state index is 0.0927. The summed E-state index contributed by atoms with van der Waals surface area (Å²) in [5.41, 5.74) is -0.175. The summed E-state index contributed by atoms with van der Waals surface area (Å²) in [5, 5.41) is 2.58. The van der Waals surface area contributed by atoms with Gasteiger partial charge in [0.05, 0.1) is 5.56 Å². The summed E-state index contributed by atoms with van der Waals surface area (Å²) in [6.45, 7) is 8.18. The van der Waals surface area contributed by atoms with Gasteiger partial charge in [-0.15, -0.1) is 0 Å². The Balaban J connectivity index is 2.30. The molecule has 7 heteroatoms. The number of Topliss-reactive ketones (excluding diaryl/α,β-unsaturated/α-hetero) is 1. The fourth-order valence-electron chi connectivity index (χ4n) is 2.32. The van der Waals surface area contributed by atoms with Crippen LogP contribution in [-0.4, -0.2) is 28.2 Å². The lowest BCUT2D eigenvalue weighted by Crippen LogP contribution is -2.28. The Kier molecular flexibility index (Phi) is 5.64. The van der Waals surface area contributed by atoms with Gasteiger partial charge in [0.25, 0.3) is 11.5 Å². The molecule has 1 aromatic carbocycles. The topological polar surface area (TPSA) is 105 Å². The summed E-state index contributed by atoms with van der Waals surface area (Å²) in [7, 11) is 0. The number of rotatable bonds is 4. The molecule has 0 atom stereocenters. The summed E-state index contributed by atoms with van der Waals surface area (Å²) in [6, 6.07) is 7.49. The molecular weight excluding hydrogens is 348 g/mol. The van der Waals surface area contributed by atoms with Crippen molar-refractivity contribution in [1.82, 2.24) is 4.98 Å². The van der Waals surface area contributed by atoms with Gasteiger partial charge in [0.15, 0.2) is 5.78 Å². The second-order valence-corrected chi connectivity index (χ2v) is 7.14. The van der Waals surface area contributed by atoms with Crippen LogP contribution in [-0.2, 0) is 4.74 Å². The highest BCUT2D eigenvalue weighted by molar-refractivity contribution is 6.05. The summed E-state index contributed by atoms with van der Waals surface area (Å²) in [4.78, 5) is 50.8. The van der Waals surface area contributed by atoms with Crippen molar-refractivity contribution in [2.45, 2.75) is 40.2 Å². The Labute approximate surface area is 156 Å². The zero-order chi connectivity index (χ0) is 20.4. The largest absolute Gasteiger partial charge is 0.456 e. The Bertz CT molecular complexity index is 950. The van der Waals surface area contributed by atoms with Crippen molar-refractivity contribution in [3.8, 4) is 0 Å². The number of anilines is 1. The number of ketones is 1.